The first-order valence-electron chi connectivity index (χ1n) is 5.77. The van der Waals surface area contributed by atoms with Crippen LogP contribution in [0.2, 0.25) is 0 Å². The van der Waals surface area contributed by atoms with Gasteiger partial charge in [0, 0.05) is 13.1 Å². The van der Waals surface area contributed by atoms with Crippen molar-refractivity contribution >= 4 is 23.6 Å². The second-order valence-corrected chi connectivity index (χ2v) is 5.06. The maximum Gasteiger partial charge on any atom is 0.308 e. The van der Waals surface area contributed by atoms with Crippen molar-refractivity contribution in [1.29, 1.82) is 0 Å². The topological polar surface area (TPSA) is 70.8 Å². The maximum absolute atomic E-state index is 12.1. The van der Waals surface area contributed by atoms with E-state index in [9.17, 15) is 9.59 Å². The summed E-state index contributed by atoms with van der Waals surface area (Å²) in [7, 11) is 0. The van der Waals surface area contributed by atoms with E-state index in [1.54, 1.807) is 17.0 Å². The van der Waals surface area contributed by atoms with Crippen molar-refractivity contribution in [3.8, 4) is 0 Å². The number of piperidine rings is 1. The average molecular weight is 269 g/mol. The van der Waals surface area contributed by atoms with Crippen molar-refractivity contribution in [3.05, 3.63) is 17.9 Å². The van der Waals surface area contributed by atoms with Crippen LogP contribution >= 0.6 is 11.8 Å². The number of furan rings is 1. The van der Waals surface area contributed by atoms with Crippen LogP contribution in [-0.4, -0.2) is 41.2 Å². The molecule has 0 saturated carbocycles. The molecule has 2 heterocycles. The number of carboxylic acids is 1. The zero-order chi connectivity index (χ0) is 13.1. The third-order valence-electron chi connectivity index (χ3n) is 3.05. The van der Waals surface area contributed by atoms with Crippen LogP contribution in [0.3, 0.4) is 0 Å². The highest BCUT2D eigenvalue weighted by molar-refractivity contribution is 7.98. The van der Waals surface area contributed by atoms with Crippen molar-refractivity contribution in [2.24, 2.45) is 5.92 Å². The lowest BCUT2D eigenvalue weighted by atomic mass is 9.98. The number of carbonyl (C=O) groups excluding carboxylic acids is 1. The highest BCUT2D eigenvalue weighted by atomic mass is 32.2. The summed E-state index contributed by atoms with van der Waals surface area (Å²) >= 11 is 1.43. The van der Waals surface area contributed by atoms with Crippen molar-refractivity contribution in [3.63, 3.8) is 0 Å². The van der Waals surface area contributed by atoms with Gasteiger partial charge in [-0.05, 0) is 31.2 Å². The van der Waals surface area contributed by atoms with Gasteiger partial charge >= 0.3 is 5.97 Å². The van der Waals surface area contributed by atoms with Crippen molar-refractivity contribution in [2.45, 2.75) is 17.9 Å². The molecule has 1 atom stereocenters. The summed E-state index contributed by atoms with van der Waals surface area (Å²) in [6.07, 6.45) is 3.22. The molecule has 5 nitrogen and oxygen atoms in total. The summed E-state index contributed by atoms with van der Waals surface area (Å²) in [5.41, 5.74) is 0. The van der Waals surface area contributed by atoms with Gasteiger partial charge in [0.15, 0.2) is 10.9 Å². The van der Waals surface area contributed by atoms with Crippen molar-refractivity contribution < 1.29 is 19.1 Å². The van der Waals surface area contributed by atoms with E-state index in [0.29, 0.717) is 18.1 Å². The molecule has 1 aromatic rings. The van der Waals surface area contributed by atoms with E-state index in [0.717, 1.165) is 6.42 Å². The molecule has 1 aliphatic rings. The van der Waals surface area contributed by atoms with Crippen LogP contribution in [0, 0.1) is 5.92 Å². The first-order valence-corrected chi connectivity index (χ1v) is 7.00. The number of likely N-dealkylation sites (tertiary alicyclic amines) is 1. The number of carboxylic acid groups (broad SMARTS) is 1. The highest BCUT2D eigenvalue weighted by Gasteiger charge is 2.29. The van der Waals surface area contributed by atoms with Gasteiger partial charge in [0.05, 0.1) is 5.92 Å². The van der Waals surface area contributed by atoms with Crippen LogP contribution in [-0.2, 0) is 4.79 Å². The largest absolute Gasteiger partial charge is 0.481 e. The summed E-state index contributed by atoms with van der Waals surface area (Å²) in [5.74, 6) is -1.24. The molecule has 1 aliphatic heterocycles. The zero-order valence-electron chi connectivity index (χ0n) is 10.1. The van der Waals surface area contributed by atoms with Crippen LogP contribution in [0.1, 0.15) is 23.4 Å². The zero-order valence-corrected chi connectivity index (χ0v) is 10.9. The van der Waals surface area contributed by atoms with Crippen molar-refractivity contribution in [2.75, 3.05) is 19.3 Å². The Morgan fingerprint density at radius 3 is 2.89 bits per heavy atom. The standard InChI is InChI=1S/C12H15NO4S/c1-18-10-5-4-9(17-10)11(14)13-6-2-3-8(7-13)12(15)16/h4-5,8H,2-3,6-7H2,1H3,(H,15,16)/t8-/m0/s1. The summed E-state index contributed by atoms with van der Waals surface area (Å²) in [5, 5.41) is 9.67. The fraction of sp³-hybridized carbons (Fsp3) is 0.500. The molecule has 98 valence electrons. The van der Waals surface area contributed by atoms with Gasteiger partial charge in [0.2, 0.25) is 0 Å². The molecule has 0 unspecified atom stereocenters. The van der Waals surface area contributed by atoms with E-state index in [4.69, 9.17) is 9.52 Å². The molecular weight excluding hydrogens is 254 g/mol. The van der Waals surface area contributed by atoms with Crippen LogP contribution in [0.4, 0.5) is 0 Å². The van der Waals surface area contributed by atoms with E-state index in [-0.39, 0.29) is 18.2 Å². The summed E-state index contributed by atoms with van der Waals surface area (Å²) in [4.78, 5) is 24.6. The first kappa shape index (κ1) is 13.0. The monoisotopic (exact) mass is 269 g/mol. The van der Waals surface area contributed by atoms with Crippen LogP contribution in [0.25, 0.3) is 0 Å². The molecule has 1 N–H and O–H groups in total. The Hall–Kier alpha value is -1.43. The van der Waals surface area contributed by atoms with E-state index < -0.39 is 11.9 Å². The Morgan fingerprint density at radius 1 is 1.50 bits per heavy atom. The van der Waals surface area contributed by atoms with Crippen LogP contribution < -0.4 is 0 Å². The SMILES string of the molecule is CSc1ccc(C(=O)N2CCC[C@H](C(=O)O)C2)o1. The van der Waals surface area contributed by atoms with Gasteiger partial charge in [-0.3, -0.25) is 9.59 Å². The van der Waals surface area contributed by atoms with Gasteiger partial charge in [-0.15, -0.1) is 0 Å². The minimum atomic E-state index is -0.836. The van der Waals surface area contributed by atoms with Gasteiger partial charge in [-0.25, -0.2) is 0 Å². The highest BCUT2D eigenvalue weighted by Crippen LogP contribution is 2.22. The average Bonchev–Trinajstić information content (AvgIpc) is 2.86. The lowest BCUT2D eigenvalue weighted by Crippen LogP contribution is -2.42. The second-order valence-electron chi connectivity index (χ2n) is 4.25. The molecular formula is C12H15NO4S. The number of hydrogen-bond acceptors (Lipinski definition) is 4. The molecule has 0 radical (unpaired) electrons. The van der Waals surface area contributed by atoms with Crippen LogP contribution in [0.15, 0.2) is 21.6 Å². The minimum absolute atomic E-state index is 0.221. The molecule has 6 heteroatoms. The van der Waals surface area contributed by atoms with E-state index in [1.165, 1.54) is 11.8 Å². The minimum Gasteiger partial charge on any atom is -0.481 e. The Bertz CT molecular complexity index is 457. The smallest absolute Gasteiger partial charge is 0.308 e. The Kier molecular flexibility index (Phi) is 3.96. The molecule has 0 aromatic carbocycles. The third kappa shape index (κ3) is 2.69. The van der Waals surface area contributed by atoms with Crippen molar-refractivity contribution in [1.82, 2.24) is 4.90 Å². The molecule has 18 heavy (non-hydrogen) atoms. The normalized spacial score (nSPS) is 19.8. The van der Waals surface area contributed by atoms with Gasteiger partial charge in [0.25, 0.3) is 5.91 Å². The number of aliphatic carboxylic acids is 1. The molecule has 1 aromatic heterocycles. The lowest BCUT2D eigenvalue weighted by molar-refractivity contribution is -0.143. The van der Waals surface area contributed by atoms with E-state index in [2.05, 4.69) is 0 Å². The van der Waals surface area contributed by atoms with E-state index >= 15 is 0 Å². The molecule has 0 bridgehead atoms. The predicted octanol–water partition coefficient (Wildman–Crippen LogP) is 1.94. The third-order valence-corrected chi connectivity index (χ3v) is 3.67. The molecule has 1 saturated heterocycles. The number of hydrogen-bond donors (Lipinski definition) is 1. The second kappa shape index (κ2) is 5.48. The van der Waals surface area contributed by atoms with Crippen LogP contribution in [0.5, 0.6) is 0 Å². The summed E-state index contributed by atoms with van der Waals surface area (Å²) in [6.45, 7) is 0.862. The van der Waals surface area contributed by atoms with Gasteiger partial charge in [-0.2, -0.15) is 0 Å². The number of thioether (sulfide) groups is 1. The number of carbonyl (C=O) groups is 2. The number of amides is 1. The summed E-state index contributed by atoms with van der Waals surface area (Å²) < 4.78 is 5.37. The number of rotatable bonds is 3. The molecule has 0 spiro atoms. The van der Waals surface area contributed by atoms with Gasteiger partial charge < -0.3 is 14.4 Å². The molecule has 0 aliphatic carbocycles. The fourth-order valence-electron chi connectivity index (χ4n) is 2.06. The molecule has 1 fully saturated rings. The Labute approximate surface area is 109 Å². The van der Waals surface area contributed by atoms with E-state index in [1.807, 2.05) is 6.26 Å². The molecule has 1 amide bonds. The Morgan fingerprint density at radius 2 is 2.28 bits per heavy atom. The Balaban J connectivity index is 2.06. The fourth-order valence-corrected chi connectivity index (χ4v) is 2.44. The number of nitrogens with zero attached hydrogens (tertiary/aromatic N) is 1. The van der Waals surface area contributed by atoms with Gasteiger partial charge in [0.1, 0.15) is 0 Å². The lowest BCUT2D eigenvalue weighted by Gasteiger charge is -2.29. The predicted molar refractivity (Wildman–Crippen MR) is 66.8 cm³/mol. The maximum atomic E-state index is 12.1. The van der Waals surface area contributed by atoms with Gasteiger partial charge in [-0.1, -0.05) is 11.8 Å². The molecule has 2 rings (SSSR count). The first-order chi connectivity index (χ1) is 8.61. The quantitative estimate of drug-likeness (QED) is 0.849. The summed E-state index contributed by atoms with van der Waals surface area (Å²) in [6, 6.07) is 3.38.